The third-order valence-electron chi connectivity index (χ3n) is 5.71. The predicted octanol–water partition coefficient (Wildman–Crippen LogP) is 3.53. The molecule has 3 heteroatoms. The molecule has 3 saturated heterocycles. The normalized spacial score (nSPS) is 32.3. The van der Waals surface area contributed by atoms with Gasteiger partial charge in [0.2, 0.25) is 0 Å². The maximum absolute atomic E-state index is 11.1. The number of hydrogen-bond donors (Lipinski definition) is 1. The average Bonchev–Trinajstić information content (AvgIpc) is 2.60. The summed E-state index contributed by atoms with van der Waals surface area (Å²) >= 11 is 0. The van der Waals surface area contributed by atoms with E-state index in [1.165, 1.54) is 19.3 Å². The molecule has 3 nitrogen and oxygen atoms in total. The molecule has 1 unspecified atom stereocenters. The van der Waals surface area contributed by atoms with Gasteiger partial charge in [0.15, 0.2) is 0 Å². The number of aliphatic hydroxyl groups is 1. The van der Waals surface area contributed by atoms with Crippen LogP contribution in [0.25, 0.3) is 10.9 Å². The summed E-state index contributed by atoms with van der Waals surface area (Å²) in [5.41, 5.74) is 2.01. The van der Waals surface area contributed by atoms with Gasteiger partial charge in [-0.05, 0) is 55.8 Å². The van der Waals surface area contributed by atoms with E-state index in [1.807, 2.05) is 30.5 Å². The lowest BCUT2D eigenvalue weighted by molar-refractivity contribution is -0.0616. The molecule has 3 aliphatic heterocycles. The fourth-order valence-electron chi connectivity index (χ4n) is 4.57. The molecule has 3 fully saturated rings. The Morgan fingerprint density at radius 3 is 2.95 bits per heavy atom. The summed E-state index contributed by atoms with van der Waals surface area (Å²) in [4.78, 5) is 6.99. The van der Waals surface area contributed by atoms with Gasteiger partial charge in [0.1, 0.15) is 0 Å². The van der Waals surface area contributed by atoms with E-state index in [0.29, 0.717) is 6.04 Å². The number of rotatable bonds is 3. The molecule has 2 aromatic rings. The van der Waals surface area contributed by atoms with E-state index < -0.39 is 6.10 Å². The van der Waals surface area contributed by atoms with Gasteiger partial charge in [-0.3, -0.25) is 9.88 Å². The van der Waals surface area contributed by atoms with Crippen molar-refractivity contribution in [2.24, 2.45) is 5.92 Å². The second-order valence-electron chi connectivity index (χ2n) is 6.86. The van der Waals surface area contributed by atoms with Gasteiger partial charge in [-0.2, -0.15) is 0 Å². The molecule has 3 aliphatic rings. The number of aromatic nitrogens is 1. The molecule has 0 aliphatic carbocycles. The largest absolute Gasteiger partial charge is 0.387 e. The first-order valence-corrected chi connectivity index (χ1v) is 8.55. The zero-order chi connectivity index (χ0) is 15.1. The van der Waals surface area contributed by atoms with Gasteiger partial charge in [-0.15, -0.1) is 0 Å². The second kappa shape index (κ2) is 5.64. The fourth-order valence-corrected chi connectivity index (χ4v) is 4.57. The Bertz CT molecular complexity index is 666. The van der Waals surface area contributed by atoms with Crippen molar-refractivity contribution >= 4 is 10.9 Å². The van der Waals surface area contributed by atoms with Gasteiger partial charge in [-0.25, -0.2) is 0 Å². The molecule has 5 rings (SSSR count). The highest BCUT2D eigenvalue weighted by atomic mass is 16.3. The highest BCUT2D eigenvalue weighted by molar-refractivity contribution is 5.82. The van der Waals surface area contributed by atoms with E-state index in [2.05, 4.69) is 22.9 Å². The highest BCUT2D eigenvalue weighted by Gasteiger charge is 2.42. The van der Waals surface area contributed by atoms with Crippen LogP contribution in [0, 0.1) is 5.92 Å². The van der Waals surface area contributed by atoms with E-state index in [-0.39, 0.29) is 6.04 Å². The Morgan fingerprint density at radius 2 is 2.14 bits per heavy atom. The standard InChI is InChI=1S/C19H24N2O/c1-2-14-11-13-8-10-21(14)18(12-13)19(22)16-7-9-20-17-6-4-3-5-15(16)17/h3-7,9,13-14,18-19,22H,2,8,10-12H2,1H3/t13-,14-,18-,19-/m1/s1. The van der Waals surface area contributed by atoms with Gasteiger partial charge in [0.25, 0.3) is 0 Å². The van der Waals surface area contributed by atoms with Crippen molar-refractivity contribution in [1.29, 1.82) is 0 Å². The van der Waals surface area contributed by atoms with Crippen LogP contribution in [0.15, 0.2) is 36.5 Å². The Labute approximate surface area is 132 Å². The first kappa shape index (κ1) is 14.2. The van der Waals surface area contributed by atoms with Crippen molar-refractivity contribution in [3.05, 3.63) is 42.1 Å². The van der Waals surface area contributed by atoms with E-state index in [9.17, 15) is 5.11 Å². The lowest BCUT2D eigenvalue weighted by Gasteiger charge is -2.52. The van der Waals surface area contributed by atoms with E-state index in [1.54, 1.807) is 0 Å². The third kappa shape index (κ3) is 2.24. The van der Waals surface area contributed by atoms with Crippen molar-refractivity contribution in [2.75, 3.05) is 6.54 Å². The lowest BCUT2D eigenvalue weighted by atomic mass is 9.75. The van der Waals surface area contributed by atoms with E-state index >= 15 is 0 Å². The summed E-state index contributed by atoms with van der Waals surface area (Å²) in [6, 6.07) is 11.1. The summed E-state index contributed by atoms with van der Waals surface area (Å²) in [7, 11) is 0. The maximum Gasteiger partial charge on any atom is 0.0952 e. The number of fused-ring (bicyclic) bond motifs is 4. The second-order valence-corrected chi connectivity index (χ2v) is 6.86. The molecule has 116 valence electrons. The molecular weight excluding hydrogens is 272 g/mol. The van der Waals surface area contributed by atoms with E-state index in [0.717, 1.165) is 35.3 Å². The van der Waals surface area contributed by atoms with Crippen molar-refractivity contribution in [3.8, 4) is 0 Å². The minimum atomic E-state index is -0.412. The fraction of sp³-hybridized carbons (Fsp3) is 0.526. The average molecular weight is 296 g/mol. The molecule has 0 amide bonds. The molecule has 2 bridgehead atoms. The SMILES string of the molecule is CC[C@@H]1C[C@H]2CCN1[C@@H]([C@H](O)c1ccnc3ccccc13)C2. The maximum atomic E-state index is 11.1. The number of para-hydroxylation sites is 1. The van der Waals surface area contributed by atoms with Gasteiger partial charge in [-0.1, -0.05) is 25.1 Å². The van der Waals surface area contributed by atoms with Crippen LogP contribution in [-0.4, -0.2) is 33.6 Å². The molecule has 0 spiro atoms. The number of benzene rings is 1. The van der Waals surface area contributed by atoms with Crippen LogP contribution >= 0.6 is 0 Å². The molecule has 4 heterocycles. The lowest BCUT2D eigenvalue weighted by Crippen LogP contribution is -2.56. The molecule has 1 N–H and O–H groups in total. The minimum Gasteiger partial charge on any atom is -0.387 e. The van der Waals surface area contributed by atoms with Crippen molar-refractivity contribution in [2.45, 2.75) is 50.8 Å². The molecule has 1 aromatic carbocycles. The summed E-state index contributed by atoms with van der Waals surface area (Å²) in [5.74, 6) is 0.794. The summed E-state index contributed by atoms with van der Waals surface area (Å²) in [6.07, 6.45) is 6.36. The van der Waals surface area contributed by atoms with Gasteiger partial charge >= 0.3 is 0 Å². The predicted molar refractivity (Wildman–Crippen MR) is 88.6 cm³/mol. The highest BCUT2D eigenvalue weighted by Crippen LogP contribution is 2.42. The van der Waals surface area contributed by atoms with Crippen LogP contribution in [0.1, 0.15) is 44.3 Å². The Balaban J connectivity index is 1.70. The smallest absolute Gasteiger partial charge is 0.0952 e. The van der Waals surface area contributed by atoms with Crippen molar-refractivity contribution in [3.63, 3.8) is 0 Å². The van der Waals surface area contributed by atoms with Crippen molar-refractivity contribution in [1.82, 2.24) is 9.88 Å². The van der Waals surface area contributed by atoms with Crippen LogP contribution in [0.5, 0.6) is 0 Å². The van der Waals surface area contributed by atoms with Crippen LogP contribution in [0.2, 0.25) is 0 Å². The van der Waals surface area contributed by atoms with Crippen LogP contribution in [0.3, 0.4) is 0 Å². The molecule has 1 aromatic heterocycles. The Kier molecular flexibility index (Phi) is 3.63. The quantitative estimate of drug-likeness (QED) is 0.941. The van der Waals surface area contributed by atoms with Gasteiger partial charge in [0, 0.05) is 23.7 Å². The van der Waals surface area contributed by atoms with Crippen molar-refractivity contribution < 1.29 is 5.11 Å². The molecule has 0 saturated carbocycles. The van der Waals surface area contributed by atoms with Crippen LogP contribution < -0.4 is 0 Å². The first-order chi connectivity index (χ1) is 10.8. The number of nitrogens with zero attached hydrogens (tertiary/aromatic N) is 2. The third-order valence-corrected chi connectivity index (χ3v) is 5.71. The first-order valence-electron chi connectivity index (χ1n) is 8.55. The van der Waals surface area contributed by atoms with Crippen LogP contribution in [-0.2, 0) is 0 Å². The Hall–Kier alpha value is -1.45. The minimum absolute atomic E-state index is 0.267. The monoisotopic (exact) mass is 296 g/mol. The zero-order valence-corrected chi connectivity index (χ0v) is 13.2. The topological polar surface area (TPSA) is 36.4 Å². The van der Waals surface area contributed by atoms with E-state index in [4.69, 9.17) is 0 Å². The summed E-state index contributed by atoms with van der Waals surface area (Å²) < 4.78 is 0. The zero-order valence-electron chi connectivity index (χ0n) is 13.2. The Morgan fingerprint density at radius 1 is 1.27 bits per heavy atom. The summed E-state index contributed by atoms with van der Waals surface area (Å²) in [6.45, 7) is 3.42. The van der Waals surface area contributed by atoms with Gasteiger partial charge < -0.3 is 5.11 Å². The molecule has 5 atom stereocenters. The number of hydrogen-bond acceptors (Lipinski definition) is 3. The van der Waals surface area contributed by atoms with Gasteiger partial charge in [0.05, 0.1) is 11.6 Å². The molecule has 0 radical (unpaired) electrons. The molecular formula is C19H24N2O. The number of pyridine rings is 1. The van der Waals surface area contributed by atoms with Crippen LogP contribution in [0.4, 0.5) is 0 Å². The number of piperidine rings is 3. The number of aliphatic hydroxyl groups excluding tert-OH is 1. The summed E-state index contributed by atoms with van der Waals surface area (Å²) in [5, 5.41) is 12.2. The molecule has 22 heavy (non-hydrogen) atoms.